The Bertz CT molecular complexity index is 728. The van der Waals surface area contributed by atoms with Crippen molar-refractivity contribution in [3.63, 3.8) is 0 Å². The molecule has 2 heterocycles. The third-order valence-electron chi connectivity index (χ3n) is 4.22. The van der Waals surface area contributed by atoms with E-state index in [1.807, 2.05) is 11.0 Å². The highest BCUT2D eigenvalue weighted by Crippen LogP contribution is 2.25. The summed E-state index contributed by atoms with van der Waals surface area (Å²) in [6.07, 6.45) is 6.22. The molecule has 2 aromatic rings. The number of hydrogen-bond donors (Lipinski definition) is 1. The second-order valence-electron chi connectivity index (χ2n) is 6.04. The summed E-state index contributed by atoms with van der Waals surface area (Å²) in [4.78, 5) is 18.2. The first-order chi connectivity index (χ1) is 11.6. The molecule has 0 radical (unpaired) electrons. The van der Waals surface area contributed by atoms with Crippen LogP contribution >= 0.6 is 0 Å². The Balaban J connectivity index is 1.62. The fraction of sp³-hybridized carbons (Fsp3) is 0.263. The predicted octanol–water partition coefficient (Wildman–Crippen LogP) is 4.18. The summed E-state index contributed by atoms with van der Waals surface area (Å²) in [6.45, 7) is 3.45. The maximum absolute atomic E-state index is 13.0. The number of halogens is 1. The van der Waals surface area contributed by atoms with Gasteiger partial charge >= 0.3 is 6.03 Å². The highest BCUT2D eigenvalue weighted by Gasteiger charge is 2.24. The van der Waals surface area contributed by atoms with Gasteiger partial charge in [-0.05, 0) is 42.2 Å². The molecule has 0 aliphatic carbocycles. The van der Waals surface area contributed by atoms with Crippen LogP contribution in [0.15, 0.2) is 54.4 Å². The lowest BCUT2D eigenvalue weighted by molar-refractivity contribution is 0.198. The van der Waals surface area contributed by atoms with Gasteiger partial charge in [-0.1, -0.05) is 30.7 Å². The molecule has 0 saturated carbocycles. The van der Waals surface area contributed by atoms with E-state index in [1.165, 1.54) is 17.7 Å². The molecule has 5 heteroatoms. The number of anilines is 1. The van der Waals surface area contributed by atoms with Gasteiger partial charge in [0, 0.05) is 19.3 Å². The van der Waals surface area contributed by atoms with Gasteiger partial charge in [-0.3, -0.25) is 4.98 Å². The van der Waals surface area contributed by atoms with Crippen LogP contribution < -0.4 is 5.32 Å². The Morgan fingerprint density at radius 1 is 1.33 bits per heavy atom. The predicted molar refractivity (Wildman–Crippen MR) is 93.0 cm³/mol. The van der Waals surface area contributed by atoms with Crippen molar-refractivity contribution < 1.29 is 9.18 Å². The molecule has 4 nitrogen and oxygen atoms in total. The lowest BCUT2D eigenvalue weighted by Crippen LogP contribution is -2.42. The number of urea groups is 1. The van der Waals surface area contributed by atoms with Crippen LogP contribution in [0.1, 0.15) is 18.9 Å². The quantitative estimate of drug-likeness (QED) is 0.900. The van der Waals surface area contributed by atoms with E-state index in [0.29, 0.717) is 18.8 Å². The third kappa shape index (κ3) is 3.98. The van der Waals surface area contributed by atoms with E-state index in [0.717, 1.165) is 12.0 Å². The Morgan fingerprint density at radius 3 is 2.79 bits per heavy atom. The highest BCUT2D eigenvalue weighted by molar-refractivity contribution is 5.89. The van der Waals surface area contributed by atoms with Gasteiger partial charge in [-0.15, -0.1) is 0 Å². The number of carbonyl (C=O) groups excluding carboxylic acids is 1. The minimum absolute atomic E-state index is 0.101. The minimum Gasteiger partial charge on any atom is -0.324 e. The van der Waals surface area contributed by atoms with E-state index in [4.69, 9.17) is 0 Å². The first kappa shape index (κ1) is 16.2. The number of rotatable bonds is 2. The van der Waals surface area contributed by atoms with Gasteiger partial charge in [0.2, 0.25) is 0 Å². The zero-order valence-electron chi connectivity index (χ0n) is 13.6. The minimum atomic E-state index is -0.230. The van der Waals surface area contributed by atoms with Crippen molar-refractivity contribution in [2.24, 2.45) is 5.92 Å². The largest absolute Gasteiger partial charge is 0.324 e. The van der Waals surface area contributed by atoms with Gasteiger partial charge in [0.1, 0.15) is 5.82 Å². The summed E-state index contributed by atoms with van der Waals surface area (Å²) in [5.41, 5.74) is 2.97. The molecule has 0 spiro atoms. The smallest absolute Gasteiger partial charge is 0.321 e. The first-order valence-electron chi connectivity index (χ1n) is 8.04. The molecular formula is C19H20FN3O. The molecule has 1 aliphatic heterocycles. The van der Waals surface area contributed by atoms with E-state index in [1.54, 1.807) is 30.6 Å². The molecule has 1 aliphatic rings. The SMILES string of the molecule is CC1CN(C(=O)Nc2cccnc2)CCC1=Cc1ccc(F)cc1. The molecule has 0 bridgehead atoms. The summed E-state index contributed by atoms with van der Waals surface area (Å²) in [6, 6.07) is 9.99. The van der Waals surface area contributed by atoms with Gasteiger partial charge in [0.15, 0.2) is 0 Å². The summed E-state index contributed by atoms with van der Waals surface area (Å²) in [7, 11) is 0. The van der Waals surface area contributed by atoms with E-state index in [2.05, 4.69) is 23.3 Å². The second kappa shape index (κ2) is 7.25. The van der Waals surface area contributed by atoms with Crippen LogP contribution in [-0.4, -0.2) is 29.0 Å². The van der Waals surface area contributed by atoms with Crippen LogP contribution in [-0.2, 0) is 0 Å². The van der Waals surface area contributed by atoms with Crippen molar-refractivity contribution >= 4 is 17.8 Å². The standard InChI is InChI=1S/C19H20FN3O/c1-14-13-23(19(24)22-18-3-2-9-21-12-18)10-8-16(14)11-15-4-6-17(20)7-5-15/h2-7,9,11-12,14H,8,10,13H2,1H3,(H,22,24). The monoisotopic (exact) mass is 325 g/mol. The number of pyridine rings is 1. The zero-order chi connectivity index (χ0) is 16.9. The molecule has 24 heavy (non-hydrogen) atoms. The Hall–Kier alpha value is -2.69. The molecule has 1 unspecified atom stereocenters. The lowest BCUT2D eigenvalue weighted by atomic mass is 9.91. The molecule has 1 N–H and O–H groups in total. The van der Waals surface area contributed by atoms with Crippen LogP contribution in [0.25, 0.3) is 6.08 Å². The van der Waals surface area contributed by atoms with Gasteiger partial charge in [-0.25, -0.2) is 9.18 Å². The number of carbonyl (C=O) groups is 1. The maximum atomic E-state index is 13.0. The van der Waals surface area contributed by atoms with Crippen molar-refractivity contribution in [1.29, 1.82) is 0 Å². The van der Waals surface area contributed by atoms with Crippen LogP contribution in [0.2, 0.25) is 0 Å². The number of nitrogens with one attached hydrogen (secondary N) is 1. The summed E-state index contributed by atoms with van der Waals surface area (Å²) < 4.78 is 13.0. The maximum Gasteiger partial charge on any atom is 0.321 e. The molecule has 1 aromatic heterocycles. The van der Waals surface area contributed by atoms with Crippen LogP contribution in [0.3, 0.4) is 0 Å². The average molecular weight is 325 g/mol. The normalized spacial score (nSPS) is 19.3. The fourth-order valence-corrected chi connectivity index (χ4v) is 2.86. The van der Waals surface area contributed by atoms with E-state index in [-0.39, 0.29) is 17.8 Å². The van der Waals surface area contributed by atoms with E-state index < -0.39 is 0 Å². The Kier molecular flexibility index (Phi) is 4.89. The van der Waals surface area contributed by atoms with Crippen molar-refractivity contribution in [3.05, 3.63) is 65.7 Å². The molecule has 1 aromatic carbocycles. The third-order valence-corrected chi connectivity index (χ3v) is 4.22. The second-order valence-corrected chi connectivity index (χ2v) is 6.04. The van der Waals surface area contributed by atoms with Gasteiger partial charge < -0.3 is 10.2 Å². The number of benzene rings is 1. The summed E-state index contributed by atoms with van der Waals surface area (Å²) >= 11 is 0. The average Bonchev–Trinajstić information content (AvgIpc) is 2.59. The van der Waals surface area contributed by atoms with Gasteiger partial charge in [0.05, 0.1) is 11.9 Å². The van der Waals surface area contributed by atoms with Gasteiger partial charge in [-0.2, -0.15) is 0 Å². The van der Waals surface area contributed by atoms with Crippen molar-refractivity contribution in [1.82, 2.24) is 9.88 Å². The molecular weight excluding hydrogens is 305 g/mol. The number of hydrogen-bond acceptors (Lipinski definition) is 2. The molecule has 1 atom stereocenters. The fourth-order valence-electron chi connectivity index (χ4n) is 2.86. The summed E-state index contributed by atoms with van der Waals surface area (Å²) in [5.74, 6) is 0.0375. The van der Waals surface area contributed by atoms with Crippen molar-refractivity contribution in [3.8, 4) is 0 Å². The summed E-state index contributed by atoms with van der Waals surface area (Å²) in [5, 5.41) is 2.87. The number of piperidine rings is 1. The lowest BCUT2D eigenvalue weighted by Gasteiger charge is -2.33. The van der Waals surface area contributed by atoms with Crippen molar-refractivity contribution in [2.45, 2.75) is 13.3 Å². The molecule has 2 amide bonds. The molecule has 3 rings (SSSR count). The van der Waals surface area contributed by atoms with Crippen molar-refractivity contribution in [2.75, 3.05) is 18.4 Å². The molecule has 1 fully saturated rings. The van der Waals surface area contributed by atoms with E-state index in [9.17, 15) is 9.18 Å². The number of nitrogens with zero attached hydrogens (tertiary/aromatic N) is 2. The first-order valence-corrected chi connectivity index (χ1v) is 8.04. The Morgan fingerprint density at radius 2 is 2.12 bits per heavy atom. The number of amides is 2. The topological polar surface area (TPSA) is 45.2 Å². The van der Waals surface area contributed by atoms with Crippen LogP contribution in [0, 0.1) is 11.7 Å². The van der Waals surface area contributed by atoms with Crippen LogP contribution in [0.5, 0.6) is 0 Å². The Labute approximate surface area is 141 Å². The van der Waals surface area contributed by atoms with Gasteiger partial charge in [0.25, 0.3) is 0 Å². The number of aromatic nitrogens is 1. The molecule has 124 valence electrons. The highest BCUT2D eigenvalue weighted by atomic mass is 19.1. The zero-order valence-corrected chi connectivity index (χ0v) is 13.6. The number of likely N-dealkylation sites (tertiary alicyclic amines) is 1. The van der Waals surface area contributed by atoms with Crippen LogP contribution in [0.4, 0.5) is 14.9 Å². The van der Waals surface area contributed by atoms with E-state index >= 15 is 0 Å². The molecule has 1 saturated heterocycles.